The van der Waals surface area contributed by atoms with Crippen molar-refractivity contribution in [1.82, 2.24) is 5.32 Å². The third-order valence-corrected chi connectivity index (χ3v) is 3.70. The molecule has 2 unspecified atom stereocenters. The number of benzene rings is 1. The molecule has 19 heavy (non-hydrogen) atoms. The Morgan fingerprint density at radius 1 is 1.37 bits per heavy atom. The van der Waals surface area contributed by atoms with E-state index in [1.807, 2.05) is 24.3 Å². The van der Waals surface area contributed by atoms with E-state index in [1.165, 1.54) is 5.56 Å². The van der Waals surface area contributed by atoms with E-state index >= 15 is 0 Å². The molecule has 0 saturated heterocycles. The van der Waals surface area contributed by atoms with Crippen LogP contribution in [0.15, 0.2) is 24.3 Å². The Balaban J connectivity index is 1.89. The minimum Gasteiger partial charge on any atom is -0.381 e. The van der Waals surface area contributed by atoms with E-state index < -0.39 is 0 Å². The zero-order chi connectivity index (χ0) is 13.7. The third-order valence-electron chi connectivity index (χ3n) is 3.70. The summed E-state index contributed by atoms with van der Waals surface area (Å²) in [7, 11) is 1.73. The molecule has 0 aromatic heterocycles. The van der Waals surface area contributed by atoms with Crippen LogP contribution >= 0.6 is 0 Å². The van der Waals surface area contributed by atoms with Crippen LogP contribution in [0.25, 0.3) is 0 Å². The predicted octanol–water partition coefficient (Wildman–Crippen LogP) is 1.49. The minimum absolute atomic E-state index is 0.000974. The zero-order valence-corrected chi connectivity index (χ0v) is 11.4. The Bertz CT molecular complexity index is 417. The summed E-state index contributed by atoms with van der Waals surface area (Å²) in [5, 5.41) is 3.07. The smallest absolute Gasteiger partial charge is 0.251 e. The molecule has 1 aromatic carbocycles. The highest BCUT2D eigenvalue weighted by molar-refractivity contribution is 5.94. The summed E-state index contributed by atoms with van der Waals surface area (Å²) in [6.07, 6.45) is 4.07. The number of methoxy groups -OCH3 is 1. The molecule has 1 aliphatic carbocycles. The van der Waals surface area contributed by atoms with Gasteiger partial charge in [-0.15, -0.1) is 0 Å². The van der Waals surface area contributed by atoms with Gasteiger partial charge in [-0.1, -0.05) is 12.1 Å². The second-order valence-corrected chi connectivity index (χ2v) is 5.08. The van der Waals surface area contributed by atoms with E-state index in [0.29, 0.717) is 12.1 Å². The molecular weight excluding hydrogens is 240 g/mol. The number of carbonyl (C=O) groups is 1. The molecule has 0 spiro atoms. The first-order chi connectivity index (χ1) is 9.22. The molecule has 104 valence electrons. The lowest BCUT2D eigenvalue weighted by atomic mass is 10.1. The number of ether oxygens (including phenoxy) is 1. The second-order valence-electron chi connectivity index (χ2n) is 5.08. The van der Waals surface area contributed by atoms with Crippen molar-refractivity contribution in [3.63, 3.8) is 0 Å². The number of carbonyl (C=O) groups excluding carboxylic acids is 1. The van der Waals surface area contributed by atoms with Gasteiger partial charge in [0.15, 0.2) is 0 Å². The topological polar surface area (TPSA) is 64.3 Å². The van der Waals surface area contributed by atoms with Crippen LogP contribution in [0.2, 0.25) is 0 Å². The Morgan fingerprint density at radius 2 is 2.11 bits per heavy atom. The van der Waals surface area contributed by atoms with E-state index in [1.54, 1.807) is 7.11 Å². The molecule has 1 saturated carbocycles. The number of rotatable bonds is 5. The van der Waals surface area contributed by atoms with Crippen molar-refractivity contribution in [3.05, 3.63) is 35.4 Å². The van der Waals surface area contributed by atoms with E-state index in [-0.39, 0.29) is 18.1 Å². The van der Waals surface area contributed by atoms with Crippen molar-refractivity contribution in [2.75, 3.05) is 13.7 Å². The maximum atomic E-state index is 12.1. The van der Waals surface area contributed by atoms with Gasteiger partial charge < -0.3 is 15.8 Å². The van der Waals surface area contributed by atoms with Crippen LogP contribution < -0.4 is 11.1 Å². The van der Waals surface area contributed by atoms with Gasteiger partial charge in [-0.05, 0) is 49.9 Å². The maximum absolute atomic E-state index is 12.1. The second kappa shape index (κ2) is 6.68. The van der Waals surface area contributed by atoms with Crippen LogP contribution in [0.3, 0.4) is 0 Å². The highest BCUT2D eigenvalue weighted by Crippen LogP contribution is 2.21. The van der Waals surface area contributed by atoms with Gasteiger partial charge in [0.1, 0.15) is 0 Å². The quantitative estimate of drug-likeness (QED) is 0.845. The van der Waals surface area contributed by atoms with Crippen molar-refractivity contribution < 1.29 is 9.53 Å². The highest BCUT2D eigenvalue weighted by atomic mass is 16.5. The molecule has 1 aromatic rings. The Morgan fingerprint density at radius 3 is 2.68 bits per heavy atom. The van der Waals surface area contributed by atoms with Crippen molar-refractivity contribution >= 4 is 5.91 Å². The van der Waals surface area contributed by atoms with Crippen molar-refractivity contribution in [2.45, 2.75) is 37.8 Å². The SMILES string of the molecule is COC1CCC(NC(=O)c2ccc(CCN)cc2)C1. The number of hydrogen-bond acceptors (Lipinski definition) is 3. The first-order valence-electron chi connectivity index (χ1n) is 6.85. The molecule has 1 aliphatic rings. The first-order valence-corrected chi connectivity index (χ1v) is 6.85. The maximum Gasteiger partial charge on any atom is 0.251 e. The molecule has 0 heterocycles. The standard InChI is InChI=1S/C15H22N2O2/c1-19-14-7-6-13(10-14)17-15(18)12-4-2-11(3-5-12)8-9-16/h2-5,13-14H,6-10,16H2,1H3,(H,17,18). The van der Waals surface area contributed by atoms with Crippen molar-refractivity contribution in [2.24, 2.45) is 5.73 Å². The number of nitrogens with one attached hydrogen (secondary N) is 1. The van der Waals surface area contributed by atoms with Crippen LogP contribution in [0.4, 0.5) is 0 Å². The fraction of sp³-hybridized carbons (Fsp3) is 0.533. The molecule has 1 fully saturated rings. The molecule has 2 rings (SSSR count). The van der Waals surface area contributed by atoms with Crippen LogP contribution in [-0.2, 0) is 11.2 Å². The summed E-state index contributed by atoms with van der Waals surface area (Å²) in [6, 6.07) is 7.90. The first kappa shape index (κ1) is 14.0. The summed E-state index contributed by atoms with van der Waals surface area (Å²) >= 11 is 0. The van der Waals surface area contributed by atoms with Gasteiger partial charge >= 0.3 is 0 Å². The van der Waals surface area contributed by atoms with Crippen molar-refractivity contribution in [3.8, 4) is 0 Å². The summed E-state index contributed by atoms with van der Waals surface area (Å²) in [4.78, 5) is 12.1. The summed E-state index contributed by atoms with van der Waals surface area (Å²) < 4.78 is 5.31. The van der Waals surface area contributed by atoms with Crippen molar-refractivity contribution in [1.29, 1.82) is 0 Å². The molecule has 4 heteroatoms. The number of amides is 1. The van der Waals surface area contributed by atoms with E-state index in [2.05, 4.69) is 5.32 Å². The van der Waals surface area contributed by atoms with Crippen LogP contribution in [0.5, 0.6) is 0 Å². The van der Waals surface area contributed by atoms with E-state index in [0.717, 1.165) is 25.7 Å². The molecule has 0 radical (unpaired) electrons. The average molecular weight is 262 g/mol. The summed E-state index contributed by atoms with van der Waals surface area (Å²) in [5.74, 6) is 0.000974. The third kappa shape index (κ3) is 3.78. The predicted molar refractivity (Wildman–Crippen MR) is 75.1 cm³/mol. The minimum atomic E-state index is 0.000974. The average Bonchev–Trinajstić information content (AvgIpc) is 2.87. The normalized spacial score (nSPS) is 22.4. The van der Waals surface area contributed by atoms with Crippen LogP contribution in [0, 0.1) is 0 Å². The van der Waals surface area contributed by atoms with Gasteiger partial charge in [-0.2, -0.15) is 0 Å². The van der Waals surface area contributed by atoms with E-state index in [4.69, 9.17) is 10.5 Å². The Hall–Kier alpha value is -1.39. The molecule has 0 bridgehead atoms. The lowest BCUT2D eigenvalue weighted by molar-refractivity contribution is 0.0915. The number of nitrogens with two attached hydrogens (primary N) is 1. The molecule has 1 amide bonds. The van der Waals surface area contributed by atoms with Gasteiger partial charge in [0, 0.05) is 18.7 Å². The fourth-order valence-electron chi connectivity index (χ4n) is 2.54. The molecule has 3 N–H and O–H groups in total. The molecule has 4 nitrogen and oxygen atoms in total. The van der Waals surface area contributed by atoms with Gasteiger partial charge in [-0.25, -0.2) is 0 Å². The fourth-order valence-corrected chi connectivity index (χ4v) is 2.54. The zero-order valence-electron chi connectivity index (χ0n) is 11.4. The molecular formula is C15H22N2O2. The largest absolute Gasteiger partial charge is 0.381 e. The van der Waals surface area contributed by atoms with Gasteiger partial charge in [-0.3, -0.25) is 4.79 Å². The summed E-state index contributed by atoms with van der Waals surface area (Å²) in [6.45, 7) is 0.631. The van der Waals surface area contributed by atoms with Crippen LogP contribution in [0.1, 0.15) is 35.2 Å². The molecule has 2 atom stereocenters. The van der Waals surface area contributed by atoms with E-state index in [9.17, 15) is 4.79 Å². The molecule has 0 aliphatic heterocycles. The highest BCUT2D eigenvalue weighted by Gasteiger charge is 2.25. The lowest BCUT2D eigenvalue weighted by Gasteiger charge is -2.13. The summed E-state index contributed by atoms with van der Waals surface area (Å²) in [5.41, 5.74) is 7.38. The Kier molecular flexibility index (Phi) is 4.93. The van der Waals surface area contributed by atoms with Gasteiger partial charge in [0.25, 0.3) is 5.91 Å². The number of hydrogen-bond donors (Lipinski definition) is 2. The van der Waals surface area contributed by atoms with Gasteiger partial charge in [0.2, 0.25) is 0 Å². The lowest BCUT2D eigenvalue weighted by Crippen LogP contribution is -2.33. The van der Waals surface area contributed by atoms with Crippen LogP contribution in [-0.4, -0.2) is 31.7 Å². The monoisotopic (exact) mass is 262 g/mol. The van der Waals surface area contributed by atoms with Gasteiger partial charge in [0.05, 0.1) is 6.10 Å². The Labute approximate surface area is 114 Å².